The summed E-state index contributed by atoms with van der Waals surface area (Å²) in [5, 5.41) is 3.05. The maximum Gasteiger partial charge on any atom is 0.417 e. The Balaban J connectivity index is 1.40. The van der Waals surface area contributed by atoms with Crippen molar-refractivity contribution in [3.63, 3.8) is 0 Å². The second kappa shape index (κ2) is 8.50. The lowest BCUT2D eigenvalue weighted by Gasteiger charge is -2.26. The van der Waals surface area contributed by atoms with E-state index < -0.39 is 11.7 Å². The average molecular weight is 489 g/mol. The number of rotatable bonds is 4. The molecule has 5 rings (SSSR count). The van der Waals surface area contributed by atoms with Crippen molar-refractivity contribution in [3.8, 4) is 11.4 Å². The van der Waals surface area contributed by atoms with E-state index >= 15 is 0 Å². The lowest BCUT2D eigenvalue weighted by molar-refractivity contribution is -0.137. The summed E-state index contributed by atoms with van der Waals surface area (Å²) in [6, 6.07) is 4.03. The molecule has 0 spiro atoms. The van der Waals surface area contributed by atoms with E-state index in [4.69, 9.17) is 11.6 Å². The van der Waals surface area contributed by atoms with Crippen molar-refractivity contribution in [1.82, 2.24) is 24.8 Å². The number of carbonyl (C=O) groups excluding carboxylic acids is 1. The molecule has 5 heterocycles. The predicted molar refractivity (Wildman–Crippen MR) is 119 cm³/mol. The van der Waals surface area contributed by atoms with Gasteiger partial charge in [0.2, 0.25) is 0 Å². The molecule has 2 aliphatic rings. The molecule has 176 valence electrons. The van der Waals surface area contributed by atoms with Crippen LogP contribution in [0.5, 0.6) is 0 Å². The molecule has 0 saturated carbocycles. The Labute approximate surface area is 198 Å². The molecule has 3 atom stereocenters. The van der Waals surface area contributed by atoms with Crippen molar-refractivity contribution in [2.24, 2.45) is 0 Å². The smallest absolute Gasteiger partial charge is 0.364 e. The first-order chi connectivity index (χ1) is 16.2. The summed E-state index contributed by atoms with van der Waals surface area (Å²) in [4.78, 5) is 32.3. The molecular weight excluding hydrogens is 469 g/mol. The summed E-state index contributed by atoms with van der Waals surface area (Å²) >= 11 is 6.08. The largest absolute Gasteiger partial charge is 0.417 e. The fraction of sp³-hybridized carbons (Fsp3) is 0.348. The van der Waals surface area contributed by atoms with Gasteiger partial charge in [-0.1, -0.05) is 11.6 Å². The molecular formula is C23H20ClF3N6O. The van der Waals surface area contributed by atoms with Gasteiger partial charge < -0.3 is 10.2 Å². The van der Waals surface area contributed by atoms with E-state index in [0.29, 0.717) is 17.8 Å². The zero-order valence-electron chi connectivity index (χ0n) is 18.1. The van der Waals surface area contributed by atoms with Crippen LogP contribution in [0.2, 0.25) is 5.02 Å². The number of carbonyl (C=O) groups is 1. The van der Waals surface area contributed by atoms with Gasteiger partial charge in [-0.25, -0.2) is 15.0 Å². The van der Waals surface area contributed by atoms with E-state index in [9.17, 15) is 18.0 Å². The number of nitrogens with zero attached hydrogens (tertiary/aromatic N) is 5. The Morgan fingerprint density at radius 2 is 1.88 bits per heavy atom. The van der Waals surface area contributed by atoms with E-state index in [1.807, 2.05) is 17.9 Å². The van der Waals surface area contributed by atoms with Crippen LogP contribution in [0.1, 0.15) is 40.9 Å². The van der Waals surface area contributed by atoms with Crippen LogP contribution in [0, 0.1) is 6.92 Å². The minimum atomic E-state index is -4.52. The van der Waals surface area contributed by atoms with Crippen molar-refractivity contribution >= 4 is 23.3 Å². The van der Waals surface area contributed by atoms with Crippen molar-refractivity contribution in [3.05, 3.63) is 64.8 Å². The maximum absolute atomic E-state index is 13.6. The number of alkyl halides is 3. The van der Waals surface area contributed by atoms with Gasteiger partial charge in [0.05, 0.1) is 22.2 Å². The summed E-state index contributed by atoms with van der Waals surface area (Å²) < 4.78 is 38.8. The summed E-state index contributed by atoms with van der Waals surface area (Å²) in [5.74, 6) is 0.376. The van der Waals surface area contributed by atoms with E-state index in [-0.39, 0.29) is 40.6 Å². The number of amides is 1. The van der Waals surface area contributed by atoms with E-state index in [1.54, 1.807) is 24.7 Å². The lowest BCUT2D eigenvalue weighted by atomic mass is 9.95. The zero-order chi connectivity index (χ0) is 24.0. The van der Waals surface area contributed by atoms with Gasteiger partial charge in [0.1, 0.15) is 11.5 Å². The van der Waals surface area contributed by atoms with Gasteiger partial charge >= 0.3 is 6.18 Å². The average Bonchev–Trinajstić information content (AvgIpc) is 3.37. The van der Waals surface area contributed by atoms with Crippen molar-refractivity contribution in [2.45, 2.75) is 50.5 Å². The molecule has 1 amide bonds. The van der Waals surface area contributed by atoms with Crippen LogP contribution >= 0.6 is 11.6 Å². The summed E-state index contributed by atoms with van der Waals surface area (Å²) in [7, 11) is 0. The number of aryl methyl sites for hydroxylation is 1. The van der Waals surface area contributed by atoms with Gasteiger partial charge in [0.25, 0.3) is 5.91 Å². The Bertz CT molecular complexity index is 1240. The molecule has 2 saturated heterocycles. The van der Waals surface area contributed by atoms with E-state index in [0.717, 1.165) is 30.7 Å². The molecule has 11 heteroatoms. The van der Waals surface area contributed by atoms with Crippen LogP contribution in [-0.4, -0.2) is 48.9 Å². The normalized spacial score (nSPS) is 21.7. The molecule has 7 nitrogen and oxygen atoms in total. The molecule has 0 radical (unpaired) electrons. The highest BCUT2D eigenvalue weighted by Crippen LogP contribution is 2.41. The van der Waals surface area contributed by atoms with Crippen LogP contribution in [-0.2, 0) is 6.18 Å². The van der Waals surface area contributed by atoms with Gasteiger partial charge in [-0.15, -0.1) is 0 Å². The Morgan fingerprint density at radius 3 is 2.59 bits per heavy atom. The molecule has 2 bridgehead atoms. The number of halogens is 4. The second-order valence-corrected chi connectivity index (χ2v) is 8.94. The number of pyridine rings is 2. The number of anilines is 1. The minimum absolute atomic E-state index is 0.0177. The highest BCUT2D eigenvalue weighted by molar-refractivity contribution is 6.33. The Kier molecular flexibility index (Phi) is 5.63. The zero-order valence-corrected chi connectivity index (χ0v) is 18.8. The third-order valence-electron chi connectivity index (χ3n) is 6.30. The number of aromatic nitrogens is 4. The Morgan fingerprint density at radius 1 is 1.12 bits per heavy atom. The van der Waals surface area contributed by atoms with Gasteiger partial charge in [-0.05, 0) is 49.9 Å². The van der Waals surface area contributed by atoms with Crippen LogP contribution in [0.25, 0.3) is 11.4 Å². The third kappa shape index (κ3) is 4.06. The highest BCUT2D eigenvalue weighted by atomic mass is 35.5. The van der Waals surface area contributed by atoms with Crippen molar-refractivity contribution < 1.29 is 18.0 Å². The topological polar surface area (TPSA) is 83.9 Å². The first kappa shape index (κ1) is 22.5. The summed E-state index contributed by atoms with van der Waals surface area (Å²) in [5.41, 5.74) is 0.814. The maximum atomic E-state index is 13.6. The van der Waals surface area contributed by atoms with E-state index in [2.05, 4.69) is 25.3 Å². The van der Waals surface area contributed by atoms with Gasteiger partial charge in [-0.2, -0.15) is 13.2 Å². The number of fused-ring (bicyclic) bond motifs is 2. The van der Waals surface area contributed by atoms with Crippen molar-refractivity contribution in [2.75, 3.05) is 5.32 Å². The van der Waals surface area contributed by atoms with E-state index in [1.165, 1.54) is 0 Å². The van der Waals surface area contributed by atoms with Crippen LogP contribution < -0.4 is 5.32 Å². The third-order valence-corrected chi connectivity index (χ3v) is 6.58. The predicted octanol–water partition coefficient (Wildman–Crippen LogP) is 4.77. The van der Waals surface area contributed by atoms with Crippen LogP contribution in [0.15, 0.2) is 43.0 Å². The van der Waals surface area contributed by atoms with Crippen molar-refractivity contribution in [1.29, 1.82) is 0 Å². The first-order valence-corrected chi connectivity index (χ1v) is 11.2. The molecule has 1 N–H and O–H groups in total. The number of hydrogen-bond donors (Lipinski definition) is 1. The summed E-state index contributed by atoms with van der Waals surface area (Å²) in [6.07, 6.45) is 3.33. The number of hydrogen-bond acceptors (Lipinski definition) is 6. The molecule has 0 aliphatic carbocycles. The molecule has 2 aliphatic heterocycles. The Hall–Kier alpha value is -3.27. The molecule has 3 aromatic rings. The monoisotopic (exact) mass is 488 g/mol. The molecule has 34 heavy (non-hydrogen) atoms. The number of nitrogens with one attached hydrogen (secondary N) is 1. The van der Waals surface area contributed by atoms with Gasteiger partial charge in [0, 0.05) is 36.9 Å². The van der Waals surface area contributed by atoms with Gasteiger partial charge in [-0.3, -0.25) is 9.78 Å². The minimum Gasteiger partial charge on any atom is -0.364 e. The van der Waals surface area contributed by atoms with Crippen LogP contribution in [0.4, 0.5) is 19.0 Å². The highest BCUT2D eigenvalue weighted by Gasteiger charge is 2.49. The standard InChI is InChI=1S/C23H20ClF3N6O/c1-12-7-15(20-28-5-2-6-29-20)19(30-10-12)22(34)33-14-3-4-18(33)17(9-14)32-21-16(24)8-13(11-31-21)23(25,26)27/h2,5-8,10-11,14,17-18H,3-4,9H2,1H3,(H,31,32)/t14-,17-,18+/m1/s1. The summed E-state index contributed by atoms with van der Waals surface area (Å²) in [6.45, 7) is 1.88. The second-order valence-electron chi connectivity index (χ2n) is 8.53. The fourth-order valence-electron chi connectivity index (χ4n) is 4.81. The molecule has 3 aromatic heterocycles. The quantitative estimate of drug-likeness (QED) is 0.569. The molecule has 0 aromatic carbocycles. The van der Waals surface area contributed by atoms with Crippen LogP contribution in [0.3, 0.4) is 0 Å². The SMILES string of the molecule is Cc1cnc(C(=O)N2[C@@H]3CC[C@H]2[C@H](Nc2ncc(C(F)(F)F)cc2Cl)C3)c(-c2ncccn2)c1. The fourth-order valence-corrected chi connectivity index (χ4v) is 5.03. The molecule has 0 unspecified atom stereocenters. The molecule has 2 fully saturated rings. The first-order valence-electron chi connectivity index (χ1n) is 10.8. The lowest BCUT2D eigenvalue weighted by Crippen LogP contribution is -2.40. The van der Waals surface area contributed by atoms with Gasteiger partial charge in [0.15, 0.2) is 5.82 Å².